The van der Waals surface area contributed by atoms with Gasteiger partial charge in [0.2, 0.25) is 0 Å². The molecule has 30 heavy (non-hydrogen) atoms. The lowest BCUT2D eigenvalue weighted by Crippen LogP contribution is -2.37. The summed E-state index contributed by atoms with van der Waals surface area (Å²) < 4.78 is 2.12. The second-order valence-corrected chi connectivity index (χ2v) is 7.87. The van der Waals surface area contributed by atoms with Gasteiger partial charge in [0.05, 0.1) is 30.2 Å². The Morgan fingerprint density at radius 3 is 2.60 bits per heavy atom. The van der Waals surface area contributed by atoms with E-state index in [1.807, 2.05) is 67.1 Å². The normalized spacial score (nSPS) is 20.2. The molecule has 3 aromatic rings. The molecule has 0 radical (unpaired) electrons. The van der Waals surface area contributed by atoms with Crippen molar-refractivity contribution in [2.75, 3.05) is 13.1 Å². The van der Waals surface area contributed by atoms with E-state index >= 15 is 0 Å². The number of β-amino-alcohol motifs (C(OH)–C–C–N with tert-alkyl or cyclic N) is 1. The summed E-state index contributed by atoms with van der Waals surface area (Å²) in [7, 11) is 0. The molecule has 6 nitrogen and oxygen atoms in total. The zero-order chi connectivity index (χ0) is 20.9. The number of aliphatic hydroxyl groups is 2. The van der Waals surface area contributed by atoms with E-state index in [1.54, 1.807) is 0 Å². The van der Waals surface area contributed by atoms with Gasteiger partial charge in [-0.2, -0.15) is 5.26 Å². The van der Waals surface area contributed by atoms with E-state index in [0.29, 0.717) is 18.5 Å². The number of aromatic nitrogens is 2. The SMILES string of the molecule is N#Cc1ccc(Cc2cncn2CCN2C[C@H](O)CC2C(O)c2ccccc2)cc1. The predicted octanol–water partition coefficient (Wildman–Crippen LogP) is 2.51. The van der Waals surface area contributed by atoms with Crippen LogP contribution in [0.2, 0.25) is 0 Å². The Kier molecular flexibility index (Phi) is 6.24. The molecule has 3 atom stereocenters. The van der Waals surface area contributed by atoms with Crippen LogP contribution >= 0.6 is 0 Å². The number of nitrogens with zero attached hydrogens (tertiary/aromatic N) is 4. The largest absolute Gasteiger partial charge is 0.392 e. The van der Waals surface area contributed by atoms with Crippen molar-refractivity contribution in [1.82, 2.24) is 14.5 Å². The van der Waals surface area contributed by atoms with Gasteiger partial charge < -0.3 is 14.8 Å². The minimum Gasteiger partial charge on any atom is -0.392 e. The van der Waals surface area contributed by atoms with Crippen LogP contribution in [0.5, 0.6) is 0 Å². The van der Waals surface area contributed by atoms with Crippen LogP contribution in [0.4, 0.5) is 0 Å². The summed E-state index contributed by atoms with van der Waals surface area (Å²) >= 11 is 0. The zero-order valence-electron chi connectivity index (χ0n) is 16.8. The van der Waals surface area contributed by atoms with Gasteiger partial charge in [0, 0.05) is 44.0 Å². The highest BCUT2D eigenvalue weighted by molar-refractivity contribution is 5.33. The number of hydrogen-bond donors (Lipinski definition) is 2. The van der Waals surface area contributed by atoms with Crippen molar-refractivity contribution in [3.8, 4) is 6.07 Å². The van der Waals surface area contributed by atoms with Gasteiger partial charge in [0.25, 0.3) is 0 Å². The predicted molar refractivity (Wildman–Crippen MR) is 114 cm³/mol. The molecule has 2 aromatic carbocycles. The number of likely N-dealkylation sites (tertiary alicyclic amines) is 1. The van der Waals surface area contributed by atoms with Crippen LogP contribution in [0.15, 0.2) is 67.1 Å². The van der Waals surface area contributed by atoms with Crippen LogP contribution in [0.25, 0.3) is 0 Å². The first-order valence-corrected chi connectivity index (χ1v) is 10.3. The minimum atomic E-state index is -0.621. The summed E-state index contributed by atoms with van der Waals surface area (Å²) in [6.45, 7) is 2.02. The van der Waals surface area contributed by atoms with Gasteiger partial charge in [-0.15, -0.1) is 0 Å². The van der Waals surface area contributed by atoms with Gasteiger partial charge in [-0.3, -0.25) is 4.90 Å². The maximum atomic E-state index is 10.9. The summed E-state index contributed by atoms with van der Waals surface area (Å²) in [4.78, 5) is 6.48. The molecule has 4 rings (SSSR count). The average Bonchev–Trinajstić information content (AvgIpc) is 3.38. The van der Waals surface area contributed by atoms with E-state index in [9.17, 15) is 10.2 Å². The maximum Gasteiger partial charge on any atom is 0.0991 e. The molecular weight excluding hydrogens is 376 g/mol. The van der Waals surface area contributed by atoms with Crippen molar-refractivity contribution in [3.05, 3.63) is 89.5 Å². The van der Waals surface area contributed by atoms with Crippen LogP contribution in [0.1, 0.15) is 34.9 Å². The lowest BCUT2D eigenvalue weighted by molar-refractivity contribution is 0.0707. The minimum absolute atomic E-state index is 0.104. The smallest absolute Gasteiger partial charge is 0.0991 e. The molecule has 1 aromatic heterocycles. The number of nitriles is 1. The fraction of sp³-hybridized carbons (Fsp3) is 0.333. The van der Waals surface area contributed by atoms with Crippen LogP contribution in [0.3, 0.4) is 0 Å². The molecule has 0 saturated carbocycles. The number of benzene rings is 2. The van der Waals surface area contributed by atoms with E-state index in [-0.39, 0.29) is 6.04 Å². The Bertz CT molecular complexity index is 994. The fourth-order valence-corrected chi connectivity index (χ4v) is 4.21. The van der Waals surface area contributed by atoms with E-state index in [0.717, 1.165) is 36.3 Å². The first kappa shape index (κ1) is 20.3. The van der Waals surface area contributed by atoms with E-state index in [4.69, 9.17) is 5.26 Å². The summed E-state index contributed by atoms with van der Waals surface area (Å²) in [6, 6.07) is 19.3. The molecule has 0 bridgehead atoms. The lowest BCUT2D eigenvalue weighted by Gasteiger charge is -2.28. The van der Waals surface area contributed by atoms with Crippen molar-refractivity contribution >= 4 is 0 Å². The van der Waals surface area contributed by atoms with Gasteiger partial charge in [-0.05, 0) is 29.7 Å². The second-order valence-electron chi connectivity index (χ2n) is 7.87. The van der Waals surface area contributed by atoms with Gasteiger partial charge in [-0.1, -0.05) is 42.5 Å². The third kappa shape index (κ3) is 4.60. The summed E-state index contributed by atoms with van der Waals surface area (Å²) in [5, 5.41) is 30.0. The number of rotatable bonds is 7. The molecule has 2 N–H and O–H groups in total. The van der Waals surface area contributed by atoms with Crippen molar-refractivity contribution in [2.24, 2.45) is 0 Å². The van der Waals surface area contributed by atoms with E-state index < -0.39 is 12.2 Å². The fourth-order valence-electron chi connectivity index (χ4n) is 4.21. The standard InChI is InChI=1S/C24H26N4O2/c25-14-19-8-6-18(7-9-19)12-21-15-26-17-28(21)11-10-27-16-22(29)13-23(27)24(30)20-4-2-1-3-5-20/h1-9,15,17,22-24,29-30H,10-13,16H2/t22-,23?,24?/m1/s1. The Balaban J connectivity index is 1.41. The molecule has 154 valence electrons. The van der Waals surface area contributed by atoms with Gasteiger partial charge in [0.15, 0.2) is 0 Å². The maximum absolute atomic E-state index is 10.9. The van der Waals surface area contributed by atoms with Crippen LogP contribution in [-0.2, 0) is 13.0 Å². The summed E-state index contributed by atoms with van der Waals surface area (Å²) in [6.07, 6.45) is 3.96. The molecule has 1 saturated heterocycles. The number of aliphatic hydroxyl groups excluding tert-OH is 2. The molecule has 2 heterocycles. The average molecular weight is 402 g/mol. The van der Waals surface area contributed by atoms with E-state index in [1.165, 1.54) is 0 Å². The first-order valence-electron chi connectivity index (χ1n) is 10.3. The molecule has 0 aliphatic carbocycles. The number of imidazole rings is 1. The van der Waals surface area contributed by atoms with Crippen molar-refractivity contribution < 1.29 is 10.2 Å². The van der Waals surface area contributed by atoms with Crippen molar-refractivity contribution in [1.29, 1.82) is 5.26 Å². The van der Waals surface area contributed by atoms with Crippen LogP contribution in [0, 0.1) is 11.3 Å². The third-order valence-electron chi connectivity index (χ3n) is 5.83. The Hall–Kier alpha value is -2.98. The highest BCUT2D eigenvalue weighted by Gasteiger charge is 2.36. The molecule has 0 amide bonds. The summed E-state index contributed by atoms with van der Waals surface area (Å²) in [5.74, 6) is 0. The van der Waals surface area contributed by atoms with E-state index in [2.05, 4.69) is 20.5 Å². The Morgan fingerprint density at radius 1 is 1.10 bits per heavy atom. The molecule has 2 unspecified atom stereocenters. The van der Waals surface area contributed by atoms with Gasteiger partial charge in [0.1, 0.15) is 0 Å². The highest BCUT2D eigenvalue weighted by Crippen LogP contribution is 2.29. The van der Waals surface area contributed by atoms with Crippen LogP contribution in [-0.4, -0.2) is 49.9 Å². The molecule has 6 heteroatoms. The zero-order valence-corrected chi connectivity index (χ0v) is 16.8. The Labute approximate surface area is 176 Å². The first-order chi connectivity index (χ1) is 14.6. The Morgan fingerprint density at radius 2 is 1.87 bits per heavy atom. The van der Waals surface area contributed by atoms with Crippen molar-refractivity contribution in [3.63, 3.8) is 0 Å². The molecule has 1 aliphatic rings. The molecular formula is C24H26N4O2. The third-order valence-corrected chi connectivity index (χ3v) is 5.83. The summed E-state index contributed by atoms with van der Waals surface area (Å²) in [5.41, 5.74) is 3.76. The molecule has 1 aliphatic heterocycles. The number of hydrogen-bond acceptors (Lipinski definition) is 5. The molecule has 1 fully saturated rings. The topological polar surface area (TPSA) is 85.3 Å². The van der Waals surface area contributed by atoms with Gasteiger partial charge >= 0.3 is 0 Å². The lowest BCUT2D eigenvalue weighted by atomic mass is 10.00. The quantitative estimate of drug-likeness (QED) is 0.634. The molecule has 0 spiro atoms. The van der Waals surface area contributed by atoms with Crippen molar-refractivity contribution in [2.45, 2.75) is 37.6 Å². The van der Waals surface area contributed by atoms with Gasteiger partial charge in [-0.25, -0.2) is 4.98 Å². The second kappa shape index (κ2) is 9.23. The monoisotopic (exact) mass is 402 g/mol. The highest BCUT2D eigenvalue weighted by atomic mass is 16.3. The van der Waals surface area contributed by atoms with Crippen LogP contribution < -0.4 is 0 Å².